The van der Waals surface area contributed by atoms with Crippen molar-refractivity contribution in [3.8, 4) is 0 Å². The van der Waals surface area contributed by atoms with E-state index in [1.165, 1.54) is 76.5 Å². The highest BCUT2D eigenvalue weighted by Crippen LogP contribution is 2.28. The lowest BCUT2D eigenvalue weighted by Crippen LogP contribution is -2.66. The second kappa shape index (κ2) is 28.6. The SMILES string of the molecule is C=CCOC(=O)OC1C(CO)OC(OC=CC)C(NC(=O)CC(=O)CCCCCCCCCCC)C1OCCCCCCCCCC. The number of rotatable bonds is 29. The van der Waals surface area contributed by atoms with E-state index in [0.29, 0.717) is 13.0 Å². The van der Waals surface area contributed by atoms with Crippen LogP contribution >= 0.6 is 0 Å². The molecule has 0 radical (unpaired) electrons. The first kappa shape index (κ1) is 42.6. The van der Waals surface area contributed by atoms with Gasteiger partial charge in [0.1, 0.15) is 30.6 Å². The van der Waals surface area contributed by atoms with E-state index >= 15 is 0 Å². The molecule has 5 atom stereocenters. The molecule has 1 aliphatic heterocycles. The fourth-order valence-electron chi connectivity index (χ4n) is 5.68. The number of nitrogens with one attached hydrogen (secondary N) is 1. The van der Waals surface area contributed by atoms with Crippen LogP contribution in [0.2, 0.25) is 0 Å². The molecule has 0 aromatic heterocycles. The van der Waals surface area contributed by atoms with Gasteiger partial charge in [-0.1, -0.05) is 129 Å². The largest absolute Gasteiger partial charge is 0.509 e. The zero-order valence-corrected chi connectivity index (χ0v) is 29.6. The number of amides is 1. The Morgan fingerprint density at radius 3 is 1.96 bits per heavy atom. The minimum Gasteiger partial charge on any atom is -0.471 e. The highest BCUT2D eigenvalue weighted by molar-refractivity contribution is 5.98. The predicted molar refractivity (Wildman–Crippen MR) is 184 cm³/mol. The average molecular weight is 668 g/mol. The molecule has 1 fully saturated rings. The maximum Gasteiger partial charge on any atom is 0.509 e. The topological polar surface area (TPSA) is 130 Å². The maximum absolute atomic E-state index is 13.2. The van der Waals surface area contributed by atoms with E-state index < -0.39 is 49.3 Å². The molecule has 2 N–H and O–H groups in total. The predicted octanol–water partition coefficient (Wildman–Crippen LogP) is 7.85. The molecule has 47 heavy (non-hydrogen) atoms. The summed E-state index contributed by atoms with van der Waals surface area (Å²) in [4.78, 5) is 38.4. The fourth-order valence-corrected chi connectivity index (χ4v) is 5.68. The number of aliphatic hydroxyl groups excluding tert-OH is 1. The van der Waals surface area contributed by atoms with Crippen LogP contribution in [0.25, 0.3) is 0 Å². The van der Waals surface area contributed by atoms with Crippen LogP contribution in [-0.2, 0) is 33.3 Å². The lowest BCUT2D eigenvalue weighted by atomic mass is 9.95. The number of ether oxygens (including phenoxy) is 5. The first-order chi connectivity index (χ1) is 22.9. The number of hydrogen-bond donors (Lipinski definition) is 2. The molecular formula is C37H65NO9. The van der Waals surface area contributed by atoms with E-state index in [4.69, 9.17) is 23.7 Å². The Hall–Kier alpha value is -2.43. The number of carbonyl (C=O) groups excluding carboxylic acids is 3. The van der Waals surface area contributed by atoms with Crippen molar-refractivity contribution < 1.29 is 43.2 Å². The molecule has 272 valence electrons. The Kier molecular flexibility index (Phi) is 25.9. The summed E-state index contributed by atoms with van der Waals surface area (Å²) in [7, 11) is 0. The van der Waals surface area contributed by atoms with Gasteiger partial charge in [-0.15, -0.1) is 0 Å². The van der Waals surface area contributed by atoms with Crippen LogP contribution in [0.3, 0.4) is 0 Å². The zero-order chi connectivity index (χ0) is 34.5. The first-order valence-corrected chi connectivity index (χ1v) is 18.3. The van der Waals surface area contributed by atoms with Gasteiger partial charge in [0, 0.05) is 13.0 Å². The van der Waals surface area contributed by atoms with E-state index in [2.05, 4.69) is 25.7 Å². The number of ketones is 1. The van der Waals surface area contributed by atoms with E-state index in [1.54, 1.807) is 13.0 Å². The summed E-state index contributed by atoms with van der Waals surface area (Å²) in [6.07, 6.45) is 18.6. The van der Waals surface area contributed by atoms with Gasteiger partial charge in [0.25, 0.3) is 0 Å². The van der Waals surface area contributed by atoms with Gasteiger partial charge in [0.2, 0.25) is 12.2 Å². The lowest BCUT2D eigenvalue weighted by molar-refractivity contribution is -0.265. The normalized spacial score (nSPS) is 21.0. The average Bonchev–Trinajstić information content (AvgIpc) is 3.06. The molecule has 0 aromatic carbocycles. The molecule has 1 heterocycles. The van der Waals surface area contributed by atoms with Crippen molar-refractivity contribution in [2.45, 2.75) is 173 Å². The highest BCUT2D eigenvalue weighted by atomic mass is 16.8. The summed E-state index contributed by atoms with van der Waals surface area (Å²) < 4.78 is 28.7. The molecule has 1 rings (SSSR count). The van der Waals surface area contributed by atoms with Gasteiger partial charge in [0.05, 0.1) is 19.3 Å². The van der Waals surface area contributed by atoms with Crippen LogP contribution in [0.5, 0.6) is 0 Å². The number of allylic oxidation sites excluding steroid dienone is 1. The number of hydrogen-bond acceptors (Lipinski definition) is 9. The Morgan fingerprint density at radius 1 is 0.830 bits per heavy atom. The van der Waals surface area contributed by atoms with Crippen molar-refractivity contribution in [3.63, 3.8) is 0 Å². The second-order valence-electron chi connectivity index (χ2n) is 12.5. The third kappa shape index (κ3) is 19.9. The number of Topliss-reactive ketones (excluding diaryl/α,β-unsaturated/α-hetero) is 1. The van der Waals surface area contributed by atoms with Crippen molar-refractivity contribution >= 4 is 17.8 Å². The van der Waals surface area contributed by atoms with Crippen LogP contribution < -0.4 is 5.32 Å². The maximum atomic E-state index is 13.2. The molecule has 0 aromatic rings. The van der Waals surface area contributed by atoms with Gasteiger partial charge < -0.3 is 34.1 Å². The Balaban J connectivity index is 2.88. The molecule has 10 nitrogen and oxygen atoms in total. The van der Waals surface area contributed by atoms with Crippen LogP contribution in [0.4, 0.5) is 4.79 Å². The fraction of sp³-hybridized carbons (Fsp3) is 0.811. The standard InChI is InChI=1S/C37H65NO9/c1-5-9-11-13-15-17-18-20-22-24-30(40)28-32(41)38-33-35(43-27-23-21-19-16-14-12-10-6-2)34(47-37(42)45-26-8-4)31(29-39)46-36(33)44-25-7-3/h7-8,25,31,33-36,39H,4-6,9-24,26-29H2,1-3H3,(H,38,41). The monoisotopic (exact) mass is 667 g/mol. The first-order valence-electron chi connectivity index (χ1n) is 18.3. The third-order valence-corrected chi connectivity index (χ3v) is 8.28. The van der Waals surface area contributed by atoms with E-state index in [-0.39, 0.29) is 18.8 Å². The molecular weight excluding hydrogens is 602 g/mol. The summed E-state index contributed by atoms with van der Waals surface area (Å²) in [6, 6.07) is -0.937. The van der Waals surface area contributed by atoms with Gasteiger partial charge in [-0.2, -0.15) is 0 Å². The Bertz CT molecular complexity index is 865. The van der Waals surface area contributed by atoms with Crippen LogP contribution in [0, 0.1) is 0 Å². The van der Waals surface area contributed by atoms with E-state index in [9.17, 15) is 19.5 Å². The number of unbranched alkanes of at least 4 members (excludes halogenated alkanes) is 15. The molecule has 1 amide bonds. The molecule has 1 saturated heterocycles. The molecule has 0 bridgehead atoms. The van der Waals surface area contributed by atoms with Crippen LogP contribution in [0.1, 0.15) is 143 Å². The molecule has 10 heteroatoms. The summed E-state index contributed by atoms with van der Waals surface area (Å²) in [5, 5.41) is 13.0. The molecule has 5 unspecified atom stereocenters. The highest BCUT2D eigenvalue weighted by Gasteiger charge is 2.50. The summed E-state index contributed by atoms with van der Waals surface area (Å²) >= 11 is 0. The van der Waals surface area contributed by atoms with Crippen molar-refractivity contribution in [1.29, 1.82) is 0 Å². The Labute approximate surface area is 284 Å². The van der Waals surface area contributed by atoms with Gasteiger partial charge >= 0.3 is 6.16 Å². The molecule has 0 spiro atoms. The molecule has 0 aliphatic carbocycles. The van der Waals surface area contributed by atoms with Gasteiger partial charge in [0.15, 0.2) is 6.10 Å². The lowest BCUT2D eigenvalue weighted by Gasteiger charge is -2.44. The number of carbonyl (C=O) groups is 3. The van der Waals surface area contributed by atoms with Crippen molar-refractivity contribution in [2.75, 3.05) is 19.8 Å². The zero-order valence-electron chi connectivity index (χ0n) is 29.6. The number of aliphatic hydroxyl groups is 1. The summed E-state index contributed by atoms with van der Waals surface area (Å²) in [6.45, 7) is 9.50. The third-order valence-electron chi connectivity index (χ3n) is 8.28. The molecule has 1 aliphatic rings. The van der Waals surface area contributed by atoms with E-state index in [0.717, 1.165) is 44.9 Å². The van der Waals surface area contributed by atoms with Crippen molar-refractivity contribution in [1.82, 2.24) is 5.32 Å². The van der Waals surface area contributed by atoms with Gasteiger partial charge in [-0.25, -0.2) is 4.79 Å². The quantitative estimate of drug-likeness (QED) is 0.0269. The second-order valence-corrected chi connectivity index (χ2v) is 12.5. The van der Waals surface area contributed by atoms with Gasteiger partial charge in [-0.3, -0.25) is 9.59 Å². The van der Waals surface area contributed by atoms with Crippen molar-refractivity contribution in [2.24, 2.45) is 0 Å². The van der Waals surface area contributed by atoms with Gasteiger partial charge in [-0.05, 0) is 19.8 Å². The minimum absolute atomic E-state index is 0.0613. The van der Waals surface area contributed by atoms with Crippen molar-refractivity contribution in [3.05, 3.63) is 25.0 Å². The smallest absolute Gasteiger partial charge is 0.471 e. The minimum atomic E-state index is -1.11. The van der Waals surface area contributed by atoms with E-state index in [1.807, 2.05) is 0 Å². The Morgan fingerprint density at radius 2 is 1.40 bits per heavy atom. The van der Waals surface area contributed by atoms with Crippen LogP contribution in [-0.4, -0.2) is 73.4 Å². The van der Waals surface area contributed by atoms with Crippen LogP contribution in [0.15, 0.2) is 25.0 Å². The molecule has 0 saturated carbocycles. The summed E-state index contributed by atoms with van der Waals surface area (Å²) in [5.74, 6) is -0.636. The summed E-state index contributed by atoms with van der Waals surface area (Å²) in [5.41, 5.74) is 0.